The van der Waals surface area contributed by atoms with Gasteiger partial charge in [-0.15, -0.1) is 13.2 Å². The third kappa shape index (κ3) is 12.1. The number of ether oxygens (including phenoxy) is 4. The van der Waals surface area contributed by atoms with Crippen molar-refractivity contribution in [2.24, 2.45) is 5.92 Å². The van der Waals surface area contributed by atoms with Crippen molar-refractivity contribution in [3.63, 3.8) is 0 Å². The number of hydrogen-bond acceptors (Lipinski definition) is 9. The molecule has 0 radical (unpaired) electrons. The van der Waals surface area contributed by atoms with Crippen LogP contribution in [0.4, 0.5) is 24.5 Å². The lowest BCUT2D eigenvalue weighted by molar-refractivity contribution is -0.276. The van der Waals surface area contributed by atoms with E-state index >= 15 is 0 Å². The molecule has 0 amide bonds. The molecule has 14 heteroatoms. The molecule has 1 saturated carbocycles. The van der Waals surface area contributed by atoms with Crippen molar-refractivity contribution in [3.8, 4) is 5.88 Å². The summed E-state index contributed by atoms with van der Waals surface area (Å²) in [6, 6.07) is 2.81. The molecule has 2 aromatic rings. The highest BCUT2D eigenvalue weighted by molar-refractivity contribution is 6.32. The van der Waals surface area contributed by atoms with Gasteiger partial charge in [0.1, 0.15) is 5.02 Å². The Hall–Kier alpha value is -2.61. The first-order valence-corrected chi connectivity index (χ1v) is 15.4. The van der Waals surface area contributed by atoms with E-state index in [0.717, 1.165) is 64.3 Å². The van der Waals surface area contributed by atoms with Crippen molar-refractivity contribution in [2.75, 3.05) is 56.8 Å². The fourth-order valence-corrected chi connectivity index (χ4v) is 5.13. The van der Waals surface area contributed by atoms with Gasteiger partial charge < -0.3 is 29.6 Å². The van der Waals surface area contributed by atoms with Gasteiger partial charge in [-0.25, -0.2) is 9.67 Å². The number of nitrogens with zero attached hydrogens (tertiary/aromatic N) is 3. The second-order valence-corrected chi connectivity index (χ2v) is 10.6. The van der Waals surface area contributed by atoms with Gasteiger partial charge in [-0.2, -0.15) is 5.10 Å². The Kier molecular flexibility index (Phi) is 14.8. The van der Waals surface area contributed by atoms with Crippen LogP contribution in [0.2, 0.25) is 5.02 Å². The molecule has 0 spiro atoms. The molecule has 4 heterocycles. The maximum Gasteiger partial charge on any atom is 0.574 e. The SMILES string of the molecule is CC.FC(F)(F)Oc1ccc(NCC2COCCO2)cn1.O=c1c(Cl)c(NCC2CCCOC2)cnn1C1CCCCC1. The molecule has 2 aromatic heterocycles. The summed E-state index contributed by atoms with van der Waals surface area (Å²) in [4.78, 5) is 16.0. The van der Waals surface area contributed by atoms with Crippen molar-refractivity contribution in [1.29, 1.82) is 0 Å². The van der Waals surface area contributed by atoms with Gasteiger partial charge >= 0.3 is 6.36 Å². The molecular formula is C29H43ClF3N5O5. The third-order valence-electron chi connectivity index (χ3n) is 7.08. The Morgan fingerprint density at radius 1 is 0.977 bits per heavy atom. The minimum absolute atomic E-state index is 0.0696. The maximum atomic E-state index is 12.4. The Balaban J connectivity index is 0.000000225. The van der Waals surface area contributed by atoms with E-state index in [0.29, 0.717) is 43.7 Å². The molecule has 3 aliphatic rings. The summed E-state index contributed by atoms with van der Waals surface area (Å²) in [6.07, 6.45) is 6.05. The molecule has 2 aliphatic heterocycles. The average molecular weight is 634 g/mol. The summed E-state index contributed by atoms with van der Waals surface area (Å²) in [6.45, 7) is 8.53. The predicted octanol–water partition coefficient (Wildman–Crippen LogP) is 6.07. The van der Waals surface area contributed by atoms with Crippen molar-refractivity contribution in [2.45, 2.75) is 77.3 Å². The topological polar surface area (TPSA) is 109 Å². The first kappa shape index (κ1) is 34.9. The van der Waals surface area contributed by atoms with Crippen LogP contribution in [0.1, 0.15) is 64.8 Å². The monoisotopic (exact) mass is 633 g/mol. The van der Waals surface area contributed by atoms with Crippen LogP contribution in [0.25, 0.3) is 0 Å². The molecule has 1 aliphatic carbocycles. The summed E-state index contributed by atoms with van der Waals surface area (Å²) in [7, 11) is 0. The number of hydrogen-bond donors (Lipinski definition) is 2. The summed E-state index contributed by atoms with van der Waals surface area (Å²) < 4.78 is 57.1. The summed E-state index contributed by atoms with van der Waals surface area (Å²) >= 11 is 6.27. The number of rotatable bonds is 8. The second-order valence-electron chi connectivity index (χ2n) is 10.3. The molecule has 0 aromatic carbocycles. The fourth-order valence-electron chi connectivity index (χ4n) is 4.93. The quantitative estimate of drug-likeness (QED) is 0.358. The molecule has 2 saturated heterocycles. The number of aromatic nitrogens is 3. The van der Waals surface area contributed by atoms with E-state index in [2.05, 4.69) is 25.5 Å². The van der Waals surface area contributed by atoms with Crippen molar-refractivity contribution in [1.82, 2.24) is 14.8 Å². The van der Waals surface area contributed by atoms with Gasteiger partial charge in [-0.1, -0.05) is 44.7 Å². The number of pyridine rings is 1. The zero-order valence-electron chi connectivity index (χ0n) is 24.8. The molecule has 43 heavy (non-hydrogen) atoms. The van der Waals surface area contributed by atoms with Gasteiger partial charge in [-0.05, 0) is 37.7 Å². The second kappa shape index (κ2) is 18.3. The zero-order valence-corrected chi connectivity index (χ0v) is 25.6. The van der Waals surface area contributed by atoms with Gasteiger partial charge in [-0.3, -0.25) is 4.79 Å². The van der Waals surface area contributed by atoms with Crippen LogP contribution in [0.15, 0.2) is 29.3 Å². The Bertz CT molecular complexity index is 1120. The first-order chi connectivity index (χ1) is 20.8. The van der Waals surface area contributed by atoms with Crippen LogP contribution >= 0.6 is 11.6 Å². The summed E-state index contributed by atoms with van der Waals surface area (Å²) in [5.41, 5.74) is 1.06. The van der Waals surface area contributed by atoms with Gasteiger partial charge in [0, 0.05) is 25.8 Å². The lowest BCUT2D eigenvalue weighted by atomic mass is 9.96. The van der Waals surface area contributed by atoms with Crippen LogP contribution in [0.3, 0.4) is 0 Å². The molecule has 10 nitrogen and oxygen atoms in total. The number of nitrogens with one attached hydrogen (secondary N) is 2. The minimum Gasteiger partial charge on any atom is -0.388 e. The van der Waals surface area contributed by atoms with Crippen LogP contribution in [0, 0.1) is 5.92 Å². The first-order valence-electron chi connectivity index (χ1n) is 15.0. The molecule has 3 fully saturated rings. The molecule has 2 atom stereocenters. The van der Waals surface area contributed by atoms with E-state index < -0.39 is 12.2 Å². The van der Waals surface area contributed by atoms with Crippen molar-refractivity contribution < 1.29 is 32.1 Å². The molecule has 0 bridgehead atoms. The third-order valence-corrected chi connectivity index (χ3v) is 7.44. The normalized spacial score (nSPS) is 21.0. The molecule has 2 N–H and O–H groups in total. The van der Waals surface area contributed by atoms with Gasteiger partial charge in [0.15, 0.2) is 0 Å². The predicted molar refractivity (Wildman–Crippen MR) is 159 cm³/mol. The van der Waals surface area contributed by atoms with E-state index in [1.165, 1.54) is 18.7 Å². The fraction of sp³-hybridized carbons (Fsp3) is 0.690. The van der Waals surface area contributed by atoms with Crippen molar-refractivity contribution >= 4 is 23.0 Å². The van der Waals surface area contributed by atoms with Crippen LogP contribution in [-0.2, 0) is 14.2 Å². The van der Waals surface area contributed by atoms with E-state index in [4.69, 9.17) is 25.8 Å². The molecule has 5 rings (SSSR count). The van der Waals surface area contributed by atoms with Gasteiger partial charge in [0.2, 0.25) is 5.88 Å². The zero-order chi connectivity index (χ0) is 31.1. The highest BCUT2D eigenvalue weighted by Gasteiger charge is 2.31. The van der Waals surface area contributed by atoms with Crippen LogP contribution < -0.4 is 20.9 Å². The molecular weight excluding hydrogens is 591 g/mol. The van der Waals surface area contributed by atoms with Gasteiger partial charge in [0.25, 0.3) is 5.56 Å². The maximum absolute atomic E-state index is 12.4. The van der Waals surface area contributed by atoms with E-state index in [1.54, 1.807) is 10.9 Å². The summed E-state index contributed by atoms with van der Waals surface area (Å²) in [5, 5.41) is 10.9. The van der Waals surface area contributed by atoms with Crippen LogP contribution in [-0.4, -0.2) is 73.4 Å². The minimum atomic E-state index is -4.73. The smallest absolute Gasteiger partial charge is 0.388 e. The Morgan fingerprint density at radius 3 is 2.37 bits per heavy atom. The van der Waals surface area contributed by atoms with E-state index in [-0.39, 0.29) is 22.7 Å². The standard InChI is InChI=1S/C16H24ClN3O2.C11H13F3N2O3.C2H6/c17-15-14(18-9-12-5-4-8-22-11-12)10-19-20(16(15)21)13-6-2-1-3-7-13;12-11(13,14)19-10-2-1-8(5-16-10)15-6-9-7-17-3-4-18-9;1-2/h10,12-13,18H,1-9,11H2;1-2,5,9,15H,3-4,6-7H2;1-2H3. The Labute approximate surface area is 255 Å². The number of alkyl halides is 3. The van der Waals surface area contributed by atoms with E-state index in [1.807, 2.05) is 13.8 Å². The van der Waals surface area contributed by atoms with Crippen molar-refractivity contribution in [3.05, 3.63) is 39.9 Å². The largest absolute Gasteiger partial charge is 0.574 e. The average Bonchev–Trinajstić information content (AvgIpc) is 3.03. The lowest BCUT2D eigenvalue weighted by Gasteiger charge is -2.24. The molecule has 242 valence electrons. The van der Waals surface area contributed by atoms with Gasteiger partial charge in [0.05, 0.1) is 62.3 Å². The highest BCUT2D eigenvalue weighted by atomic mass is 35.5. The van der Waals surface area contributed by atoms with E-state index in [9.17, 15) is 18.0 Å². The lowest BCUT2D eigenvalue weighted by Crippen LogP contribution is -2.34. The highest BCUT2D eigenvalue weighted by Crippen LogP contribution is 2.28. The number of halogens is 4. The number of anilines is 2. The molecule has 2 unspecified atom stereocenters. The van der Waals surface area contributed by atoms with Crippen LogP contribution in [0.5, 0.6) is 5.88 Å². The Morgan fingerprint density at radius 2 is 1.74 bits per heavy atom. The summed E-state index contributed by atoms with van der Waals surface area (Å²) in [5.74, 6) is -0.0131.